The van der Waals surface area contributed by atoms with Gasteiger partial charge in [0.1, 0.15) is 10.7 Å². The number of carbonyl (C=O) groups is 1. The summed E-state index contributed by atoms with van der Waals surface area (Å²) in [7, 11) is 0. The van der Waals surface area contributed by atoms with Gasteiger partial charge in [-0.1, -0.05) is 90.1 Å². The third-order valence-electron chi connectivity index (χ3n) is 4.42. The van der Waals surface area contributed by atoms with Gasteiger partial charge in [0.2, 0.25) is 9.70 Å². The number of carbonyl (C=O) groups excluding carboxylic acids is 1. The summed E-state index contributed by atoms with van der Waals surface area (Å²) in [6, 6.07) is 9.24. The molecule has 1 aliphatic carbocycles. The molecule has 2 rings (SSSR count). The van der Waals surface area contributed by atoms with E-state index in [-0.39, 0.29) is 32.8 Å². The van der Waals surface area contributed by atoms with Gasteiger partial charge >= 0.3 is 0 Å². The molecule has 0 spiro atoms. The van der Waals surface area contributed by atoms with Crippen LogP contribution in [0, 0.1) is 17.3 Å². The first-order valence-electron chi connectivity index (χ1n) is 7.95. The maximum absolute atomic E-state index is 12.7. The van der Waals surface area contributed by atoms with Gasteiger partial charge in [-0.05, 0) is 41.8 Å². The molecule has 0 unspecified atom stereocenters. The van der Waals surface area contributed by atoms with Gasteiger partial charge in [-0.25, -0.2) is 0 Å². The number of hydrogen-bond donors (Lipinski definition) is 3. The summed E-state index contributed by atoms with van der Waals surface area (Å²) in [4.78, 5) is 12.7. The first-order chi connectivity index (χ1) is 12.4. The number of halogens is 5. The Morgan fingerprint density at radius 2 is 1.78 bits per heavy atom. The number of hydrogen-bond acceptors (Lipinski definition) is 2. The van der Waals surface area contributed by atoms with Crippen LogP contribution in [0.1, 0.15) is 13.8 Å². The average Bonchev–Trinajstić information content (AvgIpc) is 3.06. The van der Waals surface area contributed by atoms with Crippen molar-refractivity contribution in [3.05, 3.63) is 40.9 Å². The van der Waals surface area contributed by atoms with Gasteiger partial charge < -0.3 is 16.0 Å². The molecule has 3 N–H and O–H groups in total. The largest absolute Gasteiger partial charge is 0.339 e. The fourth-order valence-electron chi connectivity index (χ4n) is 2.88. The molecule has 0 heterocycles. The van der Waals surface area contributed by atoms with E-state index in [0.29, 0.717) is 0 Å². The van der Waals surface area contributed by atoms with Crippen LogP contribution >= 0.6 is 70.2 Å². The van der Waals surface area contributed by atoms with Gasteiger partial charge in [0.25, 0.3) is 0 Å². The number of thiocarbonyl (C=S) groups is 1. The number of nitrogens with one attached hydrogen (secondary N) is 3. The van der Waals surface area contributed by atoms with Crippen molar-refractivity contribution in [1.29, 1.82) is 0 Å². The molecular formula is C17H18Cl5N3OS. The molecule has 0 saturated heterocycles. The lowest BCUT2D eigenvalue weighted by Gasteiger charge is -2.28. The first kappa shape index (κ1) is 22.9. The van der Waals surface area contributed by atoms with Crippen LogP contribution < -0.4 is 16.0 Å². The molecule has 1 fully saturated rings. The lowest BCUT2D eigenvalue weighted by Crippen LogP contribution is -2.56. The van der Waals surface area contributed by atoms with E-state index >= 15 is 0 Å². The van der Waals surface area contributed by atoms with E-state index in [4.69, 9.17) is 70.2 Å². The number of benzene rings is 1. The van der Waals surface area contributed by atoms with Crippen LogP contribution in [0.4, 0.5) is 5.69 Å². The Morgan fingerprint density at radius 1 is 1.19 bits per heavy atom. The highest BCUT2D eigenvalue weighted by Crippen LogP contribution is 2.59. The number of rotatable bonds is 5. The lowest BCUT2D eigenvalue weighted by atomic mass is 10.1. The van der Waals surface area contributed by atoms with E-state index in [1.807, 2.05) is 44.2 Å². The molecule has 0 radical (unpaired) electrons. The van der Waals surface area contributed by atoms with Crippen molar-refractivity contribution in [2.24, 2.45) is 17.3 Å². The number of allylic oxidation sites excluding steroid dienone is 1. The van der Waals surface area contributed by atoms with E-state index in [0.717, 1.165) is 5.69 Å². The van der Waals surface area contributed by atoms with Gasteiger partial charge in [0.05, 0.1) is 5.92 Å². The Balaban J connectivity index is 2.04. The van der Waals surface area contributed by atoms with Crippen LogP contribution in [0.3, 0.4) is 0 Å². The molecule has 4 nitrogen and oxygen atoms in total. The van der Waals surface area contributed by atoms with Crippen molar-refractivity contribution in [1.82, 2.24) is 10.6 Å². The van der Waals surface area contributed by atoms with Crippen LogP contribution in [0.2, 0.25) is 0 Å². The predicted octanol–water partition coefficient (Wildman–Crippen LogP) is 5.38. The monoisotopic (exact) mass is 487 g/mol. The van der Waals surface area contributed by atoms with E-state index in [1.54, 1.807) is 6.08 Å². The summed E-state index contributed by atoms with van der Waals surface area (Å²) in [6.07, 6.45) is 0.610. The van der Waals surface area contributed by atoms with Crippen molar-refractivity contribution >= 4 is 86.9 Å². The fourth-order valence-corrected chi connectivity index (χ4v) is 3.71. The Morgan fingerprint density at radius 3 is 2.30 bits per heavy atom. The van der Waals surface area contributed by atoms with Crippen LogP contribution in [0.15, 0.2) is 40.9 Å². The zero-order chi connectivity index (χ0) is 20.4. The lowest BCUT2D eigenvalue weighted by molar-refractivity contribution is -0.123. The molecule has 0 aromatic heterocycles. The quantitative estimate of drug-likeness (QED) is 0.295. The van der Waals surface area contributed by atoms with Crippen LogP contribution in [0.5, 0.6) is 0 Å². The van der Waals surface area contributed by atoms with Crippen LogP contribution in [-0.4, -0.2) is 21.0 Å². The minimum Gasteiger partial charge on any atom is -0.339 e. The zero-order valence-electron chi connectivity index (χ0n) is 14.4. The molecular weight excluding hydrogens is 472 g/mol. The summed E-state index contributed by atoms with van der Waals surface area (Å²) >= 11 is 34.8. The van der Waals surface area contributed by atoms with Gasteiger partial charge in [0.15, 0.2) is 5.11 Å². The summed E-state index contributed by atoms with van der Waals surface area (Å²) < 4.78 is -1.71. The average molecular weight is 490 g/mol. The minimum atomic E-state index is -1.83. The Hall–Kier alpha value is -0.430. The standard InChI is InChI=1S/C17H18Cl5N3OS/c1-16(2)10(8-11(18)19)12(16)13(26)24-14(17(20,21)22)25-15(27)23-9-6-4-3-5-7-9/h3-8,10,12,14H,1-2H3,(H,24,26)(H2,23,25,27)/t10-,12+,14+/m0/s1. The molecule has 1 amide bonds. The van der Waals surface area contributed by atoms with E-state index in [9.17, 15) is 4.79 Å². The summed E-state index contributed by atoms with van der Waals surface area (Å²) in [5.74, 6) is -0.743. The number of amides is 1. The van der Waals surface area contributed by atoms with Crippen molar-refractivity contribution < 1.29 is 4.79 Å². The van der Waals surface area contributed by atoms with Crippen molar-refractivity contribution in [2.75, 3.05) is 5.32 Å². The zero-order valence-corrected chi connectivity index (χ0v) is 19.0. The molecule has 1 saturated carbocycles. The fraction of sp³-hybridized carbons (Fsp3) is 0.412. The summed E-state index contributed by atoms with van der Waals surface area (Å²) in [6.45, 7) is 3.88. The second-order valence-electron chi connectivity index (χ2n) is 6.73. The molecule has 1 aromatic carbocycles. The van der Waals surface area contributed by atoms with Crippen LogP contribution in [0.25, 0.3) is 0 Å². The number of para-hydroxylation sites is 1. The van der Waals surface area contributed by atoms with E-state index < -0.39 is 9.96 Å². The van der Waals surface area contributed by atoms with E-state index in [1.165, 1.54) is 0 Å². The third-order valence-corrected chi connectivity index (χ3v) is 5.55. The third kappa shape index (κ3) is 6.28. The molecule has 1 aliphatic rings. The summed E-state index contributed by atoms with van der Waals surface area (Å²) in [5.41, 5.74) is 0.453. The predicted molar refractivity (Wildman–Crippen MR) is 119 cm³/mol. The van der Waals surface area contributed by atoms with Crippen LogP contribution in [-0.2, 0) is 4.79 Å². The molecule has 27 heavy (non-hydrogen) atoms. The minimum absolute atomic E-state index is 0.104. The van der Waals surface area contributed by atoms with Crippen molar-refractivity contribution in [3.63, 3.8) is 0 Å². The summed E-state index contributed by atoms with van der Waals surface area (Å²) in [5, 5.41) is 8.70. The van der Waals surface area contributed by atoms with Gasteiger partial charge in [-0.2, -0.15) is 0 Å². The number of alkyl halides is 3. The molecule has 0 aliphatic heterocycles. The molecule has 148 valence electrons. The maximum atomic E-state index is 12.7. The van der Waals surface area contributed by atoms with Crippen molar-refractivity contribution in [2.45, 2.75) is 23.8 Å². The highest BCUT2D eigenvalue weighted by molar-refractivity contribution is 7.80. The smallest absolute Gasteiger partial charge is 0.228 e. The highest BCUT2D eigenvalue weighted by atomic mass is 35.6. The topological polar surface area (TPSA) is 53.2 Å². The normalized spacial score (nSPS) is 21.6. The first-order valence-corrected chi connectivity index (χ1v) is 10.2. The second-order valence-corrected chi connectivity index (χ2v) is 10.5. The van der Waals surface area contributed by atoms with E-state index in [2.05, 4.69) is 16.0 Å². The molecule has 3 atom stereocenters. The van der Waals surface area contributed by atoms with Gasteiger partial charge in [0, 0.05) is 5.69 Å². The molecule has 10 heteroatoms. The Bertz CT molecular complexity index is 732. The maximum Gasteiger partial charge on any atom is 0.228 e. The Labute approximate surface area is 188 Å². The second kappa shape index (κ2) is 8.93. The molecule has 1 aromatic rings. The molecule has 0 bridgehead atoms. The van der Waals surface area contributed by atoms with Crippen molar-refractivity contribution in [3.8, 4) is 0 Å². The van der Waals surface area contributed by atoms with Gasteiger partial charge in [-0.15, -0.1) is 0 Å². The van der Waals surface area contributed by atoms with Gasteiger partial charge in [-0.3, -0.25) is 4.79 Å². The number of anilines is 1. The Kier molecular flexibility index (Phi) is 7.56. The highest BCUT2D eigenvalue weighted by Gasteiger charge is 2.61. The SMILES string of the molecule is CC1(C)[C@@H](C=C(Cl)Cl)[C@@H]1C(=O)N[C@H](NC(=S)Nc1ccccc1)C(Cl)(Cl)Cl.